The van der Waals surface area contributed by atoms with Gasteiger partial charge in [0.15, 0.2) is 0 Å². The van der Waals surface area contributed by atoms with Crippen LogP contribution in [0.25, 0.3) is 11.4 Å². The number of aromatic nitrogens is 2. The number of piperidine rings is 1. The lowest BCUT2D eigenvalue weighted by Crippen LogP contribution is -2.44. The molecule has 0 radical (unpaired) electrons. The van der Waals surface area contributed by atoms with Crippen molar-refractivity contribution < 1.29 is 12.9 Å². The third-order valence-corrected chi connectivity index (χ3v) is 5.92. The van der Waals surface area contributed by atoms with Gasteiger partial charge in [-0.15, -0.1) is 0 Å². The number of nitrogens with zero attached hydrogens (tertiary/aromatic N) is 4. The van der Waals surface area contributed by atoms with Gasteiger partial charge in [-0.25, -0.2) is 0 Å². The van der Waals surface area contributed by atoms with Crippen molar-refractivity contribution in [3.63, 3.8) is 0 Å². The van der Waals surface area contributed by atoms with Crippen molar-refractivity contribution in [1.29, 1.82) is 0 Å². The number of benzene rings is 1. The summed E-state index contributed by atoms with van der Waals surface area (Å²) in [6, 6.07) is 9.09. The van der Waals surface area contributed by atoms with Crippen molar-refractivity contribution in [3.8, 4) is 11.4 Å². The van der Waals surface area contributed by atoms with Gasteiger partial charge in [-0.3, -0.25) is 0 Å². The van der Waals surface area contributed by atoms with E-state index in [-0.39, 0.29) is 0 Å². The molecule has 1 aromatic carbocycles. The molecule has 8 heteroatoms. The van der Waals surface area contributed by atoms with E-state index in [1.807, 2.05) is 30.3 Å². The smallest absolute Gasteiger partial charge is 0.282 e. The lowest BCUT2D eigenvalue weighted by atomic mass is 10.1. The highest BCUT2D eigenvalue weighted by atomic mass is 32.2. The van der Waals surface area contributed by atoms with E-state index >= 15 is 0 Å². The molecule has 1 aliphatic heterocycles. The first kappa shape index (κ1) is 16.1. The molecule has 0 bridgehead atoms. The summed E-state index contributed by atoms with van der Waals surface area (Å²) in [4.78, 5) is 4.42. The van der Waals surface area contributed by atoms with Crippen LogP contribution in [0, 0.1) is 0 Å². The molecule has 1 aromatic heterocycles. The van der Waals surface area contributed by atoms with Gasteiger partial charge in [-0.2, -0.15) is 22.0 Å². The fraction of sp³-hybridized carbons (Fsp3) is 0.467. The van der Waals surface area contributed by atoms with Crippen molar-refractivity contribution in [2.45, 2.75) is 25.3 Å². The third-order valence-electron chi connectivity index (χ3n) is 3.97. The van der Waals surface area contributed by atoms with Crippen LogP contribution in [0.15, 0.2) is 34.9 Å². The molecule has 1 unspecified atom stereocenters. The molecule has 1 fully saturated rings. The van der Waals surface area contributed by atoms with Crippen LogP contribution in [-0.2, 0) is 10.2 Å². The van der Waals surface area contributed by atoms with E-state index in [2.05, 4.69) is 10.1 Å². The predicted octanol–water partition coefficient (Wildman–Crippen LogP) is 2.07. The van der Waals surface area contributed by atoms with Crippen LogP contribution in [-0.4, -0.2) is 47.8 Å². The first-order valence-electron chi connectivity index (χ1n) is 7.58. The molecular formula is C15H20N4O3S. The minimum atomic E-state index is -3.51. The van der Waals surface area contributed by atoms with Gasteiger partial charge in [-0.05, 0) is 12.8 Å². The molecule has 0 saturated carbocycles. The van der Waals surface area contributed by atoms with E-state index < -0.39 is 16.3 Å². The molecule has 1 saturated heterocycles. The fourth-order valence-electron chi connectivity index (χ4n) is 2.71. The third kappa shape index (κ3) is 3.15. The topological polar surface area (TPSA) is 79.5 Å². The van der Waals surface area contributed by atoms with Crippen molar-refractivity contribution in [1.82, 2.24) is 18.8 Å². The first-order chi connectivity index (χ1) is 11.0. The van der Waals surface area contributed by atoms with Gasteiger partial charge in [0.2, 0.25) is 11.7 Å². The van der Waals surface area contributed by atoms with Crippen LogP contribution in [0.2, 0.25) is 0 Å². The van der Waals surface area contributed by atoms with E-state index in [0.29, 0.717) is 24.7 Å². The number of hydrogen-bond acceptors (Lipinski definition) is 5. The quantitative estimate of drug-likeness (QED) is 0.854. The Morgan fingerprint density at radius 3 is 2.65 bits per heavy atom. The molecule has 124 valence electrons. The molecule has 1 aliphatic rings. The maximum absolute atomic E-state index is 12.5. The second kappa shape index (κ2) is 6.38. The largest absolute Gasteiger partial charge is 0.337 e. The van der Waals surface area contributed by atoms with Gasteiger partial charge in [-0.1, -0.05) is 41.9 Å². The highest BCUT2D eigenvalue weighted by Crippen LogP contribution is 2.33. The van der Waals surface area contributed by atoms with E-state index in [4.69, 9.17) is 4.52 Å². The van der Waals surface area contributed by atoms with E-state index in [9.17, 15) is 8.42 Å². The summed E-state index contributed by atoms with van der Waals surface area (Å²) < 4.78 is 33.1. The zero-order chi connectivity index (χ0) is 16.4. The van der Waals surface area contributed by atoms with Crippen molar-refractivity contribution >= 4 is 10.2 Å². The van der Waals surface area contributed by atoms with Crippen LogP contribution >= 0.6 is 0 Å². The molecule has 3 rings (SSSR count). The van der Waals surface area contributed by atoms with Crippen LogP contribution in [0.3, 0.4) is 0 Å². The molecule has 1 atom stereocenters. The minimum Gasteiger partial charge on any atom is -0.337 e. The zero-order valence-corrected chi connectivity index (χ0v) is 14.0. The Kier molecular flexibility index (Phi) is 4.47. The van der Waals surface area contributed by atoms with Crippen molar-refractivity contribution in [2.75, 3.05) is 20.6 Å². The highest BCUT2D eigenvalue weighted by Gasteiger charge is 2.37. The van der Waals surface area contributed by atoms with Gasteiger partial charge in [0.05, 0.1) is 0 Å². The normalized spacial score (nSPS) is 20.0. The van der Waals surface area contributed by atoms with Gasteiger partial charge >= 0.3 is 0 Å². The minimum absolute atomic E-state index is 0.356. The lowest BCUT2D eigenvalue weighted by Gasteiger charge is -2.33. The van der Waals surface area contributed by atoms with Crippen LogP contribution in [0.1, 0.15) is 31.2 Å². The van der Waals surface area contributed by atoms with Crippen LogP contribution in [0.4, 0.5) is 0 Å². The molecular weight excluding hydrogens is 316 g/mol. The Hall–Kier alpha value is -1.77. The van der Waals surface area contributed by atoms with E-state index in [1.54, 1.807) is 0 Å². The second-order valence-electron chi connectivity index (χ2n) is 5.73. The Bertz CT molecular complexity index is 758. The molecule has 23 heavy (non-hydrogen) atoms. The lowest BCUT2D eigenvalue weighted by molar-refractivity contribution is 0.196. The molecule has 2 heterocycles. The van der Waals surface area contributed by atoms with Crippen molar-refractivity contribution in [2.24, 2.45) is 0 Å². The van der Waals surface area contributed by atoms with Gasteiger partial charge in [0, 0.05) is 26.2 Å². The summed E-state index contributed by atoms with van der Waals surface area (Å²) in [6.45, 7) is 0.466. The molecule has 0 spiro atoms. The molecule has 7 nitrogen and oxygen atoms in total. The second-order valence-corrected chi connectivity index (χ2v) is 7.83. The Balaban J connectivity index is 1.92. The predicted molar refractivity (Wildman–Crippen MR) is 85.6 cm³/mol. The zero-order valence-electron chi connectivity index (χ0n) is 13.2. The molecule has 2 aromatic rings. The summed E-state index contributed by atoms with van der Waals surface area (Å²) >= 11 is 0. The Morgan fingerprint density at radius 2 is 1.96 bits per heavy atom. The summed E-state index contributed by atoms with van der Waals surface area (Å²) in [5, 5.41) is 4.00. The van der Waals surface area contributed by atoms with Crippen molar-refractivity contribution in [3.05, 3.63) is 36.2 Å². The Labute approximate surface area is 136 Å². The number of rotatable bonds is 4. The average Bonchev–Trinajstić information content (AvgIpc) is 3.05. The van der Waals surface area contributed by atoms with Gasteiger partial charge in [0.1, 0.15) is 6.04 Å². The van der Waals surface area contributed by atoms with Gasteiger partial charge in [0.25, 0.3) is 10.2 Å². The molecule has 0 amide bonds. The summed E-state index contributed by atoms with van der Waals surface area (Å²) in [5.74, 6) is 0.836. The van der Waals surface area contributed by atoms with Crippen LogP contribution < -0.4 is 0 Å². The molecule has 0 aliphatic carbocycles. The van der Waals surface area contributed by atoms with E-state index in [0.717, 1.165) is 18.4 Å². The molecule has 0 N–H and O–H groups in total. The monoisotopic (exact) mass is 336 g/mol. The summed E-state index contributed by atoms with van der Waals surface area (Å²) in [5.41, 5.74) is 0.848. The maximum atomic E-state index is 12.5. The van der Waals surface area contributed by atoms with Crippen LogP contribution in [0.5, 0.6) is 0 Å². The summed E-state index contributed by atoms with van der Waals surface area (Å²) in [7, 11) is -0.450. The fourth-order valence-corrected chi connectivity index (χ4v) is 4.01. The maximum Gasteiger partial charge on any atom is 0.282 e. The first-order valence-corrected chi connectivity index (χ1v) is 8.98. The average molecular weight is 336 g/mol. The Morgan fingerprint density at radius 1 is 1.22 bits per heavy atom. The highest BCUT2D eigenvalue weighted by molar-refractivity contribution is 7.86. The number of hydrogen-bond donors (Lipinski definition) is 0. The SMILES string of the molecule is CN(C)S(=O)(=O)N1CCCCC1c1nc(-c2ccccc2)no1. The summed E-state index contributed by atoms with van der Waals surface area (Å²) in [6.07, 6.45) is 2.46. The van der Waals surface area contributed by atoms with E-state index in [1.165, 1.54) is 22.7 Å². The standard InChI is InChI=1S/C15H20N4O3S/c1-18(2)23(20,21)19-11-7-6-10-13(19)15-16-14(17-22-15)12-8-4-3-5-9-12/h3-5,8-9,13H,6-7,10-11H2,1-2H3. The van der Waals surface area contributed by atoms with Gasteiger partial charge < -0.3 is 4.52 Å².